The van der Waals surface area contributed by atoms with Gasteiger partial charge in [-0.2, -0.15) is 0 Å². The lowest BCUT2D eigenvalue weighted by Crippen LogP contribution is -2.29. The Morgan fingerprint density at radius 3 is 2.59 bits per heavy atom. The number of benzene rings is 1. The minimum absolute atomic E-state index is 0.00310. The summed E-state index contributed by atoms with van der Waals surface area (Å²) in [6, 6.07) is 5.53. The minimum Gasteiger partial charge on any atom is -0.360 e. The number of nitro benzene ring substituents is 1. The van der Waals surface area contributed by atoms with E-state index in [9.17, 15) is 14.9 Å². The molecule has 1 aliphatic heterocycles. The van der Waals surface area contributed by atoms with Crippen LogP contribution in [0.4, 0.5) is 16.2 Å². The summed E-state index contributed by atoms with van der Waals surface area (Å²) in [5, 5.41) is 13.1. The van der Waals surface area contributed by atoms with Crippen LogP contribution in [0.1, 0.15) is 0 Å². The number of nitrogens with zero attached hydrogens (tertiary/aromatic N) is 2. The van der Waals surface area contributed by atoms with Crippen molar-refractivity contribution in [1.29, 1.82) is 0 Å². The maximum absolute atomic E-state index is 11.6. The second kappa shape index (κ2) is 4.38. The van der Waals surface area contributed by atoms with E-state index in [2.05, 4.69) is 5.32 Å². The number of urea groups is 1. The molecule has 2 rings (SSSR count). The highest BCUT2D eigenvalue weighted by atomic mass is 16.6. The Labute approximate surface area is 97.1 Å². The quantitative estimate of drug-likeness (QED) is 0.630. The van der Waals surface area contributed by atoms with E-state index in [0.717, 1.165) is 0 Å². The number of nitro groups is 1. The number of rotatable bonds is 3. The second-order valence-corrected chi connectivity index (χ2v) is 3.56. The van der Waals surface area contributed by atoms with Crippen LogP contribution < -0.4 is 10.2 Å². The van der Waals surface area contributed by atoms with Crippen LogP contribution >= 0.6 is 0 Å². The third-order valence-corrected chi connectivity index (χ3v) is 2.53. The van der Waals surface area contributed by atoms with Crippen molar-refractivity contribution in [3.63, 3.8) is 0 Å². The number of ether oxygens (including phenoxy) is 1. The summed E-state index contributed by atoms with van der Waals surface area (Å²) in [6.07, 6.45) is -0.349. The summed E-state index contributed by atoms with van der Waals surface area (Å²) in [5.41, 5.74) is 0.601. The number of carbonyl (C=O) groups is 1. The predicted molar refractivity (Wildman–Crippen MR) is 59.8 cm³/mol. The highest BCUT2D eigenvalue weighted by Gasteiger charge is 2.29. The molecule has 0 bridgehead atoms. The van der Waals surface area contributed by atoms with Crippen LogP contribution in [0, 0.1) is 10.1 Å². The summed E-state index contributed by atoms with van der Waals surface area (Å²) in [6.45, 7) is 0.382. The molecule has 0 aromatic heterocycles. The number of hydrogen-bond acceptors (Lipinski definition) is 4. The summed E-state index contributed by atoms with van der Waals surface area (Å²) < 4.78 is 5.01. The molecular weight excluding hydrogens is 226 g/mol. The Balaban J connectivity index is 2.18. The van der Waals surface area contributed by atoms with Gasteiger partial charge in [0.1, 0.15) is 6.23 Å². The number of methoxy groups -OCH3 is 1. The van der Waals surface area contributed by atoms with E-state index in [-0.39, 0.29) is 17.9 Å². The van der Waals surface area contributed by atoms with Crippen LogP contribution in [-0.4, -0.2) is 30.8 Å². The molecule has 1 fully saturated rings. The minimum atomic E-state index is -0.480. The highest BCUT2D eigenvalue weighted by Crippen LogP contribution is 2.21. The SMILES string of the molecule is COC1CN(c2ccc([N+](=O)[O-])cc2)C(=O)N1. The first-order valence-electron chi connectivity index (χ1n) is 4.97. The molecule has 90 valence electrons. The van der Waals surface area contributed by atoms with E-state index in [1.54, 1.807) is 0 Å². The van der Waals surface area contributed by atoms with Gasteiger partial charge in [0.05, 0.1) is 11.5 Å². The lowest BCUT2D eigenvalue weighted by Gasteiger charge is -2.13. The number of anilines is 1. The van der Waals surface area contributed by atoms with Gasteiger partial charge < -0.3 is 10.1 Å². The van der Waals surface area contributed by atoms with Gasteiger partial charge in [-0.15, -0.1) is 0 Å². The van der Waals surface area contributed by atoms with Crippen molar-refractivity contribution in [2.45, 2.75) is 6.23 Å². The van der Waals surface area contributed by atoms with Crippen LogP contribution in [0.5, 0.6) is 0 Å². The van der Waals surface area contributed by atoms with Crippen LogP contribution in [0.2, 0.25) is 0 Å². The number of hydrogen-bond donors (Lipinski definition) is 1. The van der Waals surface area contributed by atoms with Gasteiger partial charge in [0.2, 0.25) is 0 Å². The number of amides is 2. The van der Waals surface area contributed by atoms with Crippen molar-refractivity contribution < 1.29 is 14.5 Å². The fourth-order valence-corrected chi connectivity index (χ4v) is 1.62. The molecule has 1 aliphatic rings. The number of non-ortho nitro benzene ring substituents is 1. The van der Waals surface area contributed by atoms with Crippen LogP contribution in [0.25, 0.3) is 0 Å². The van der Waals surface area contributed by atoms with Gasteiger partial charge in [-0.05, 0) is 12.1 Å². The smallest absolute Gasteiger partial charge is 0.324 e. The average Bonchev–Trinajstić information content (AvgIpc) is 2.71. The third kappa shape index (κ3) is 2.18. The Hall–Kier alpha value is -2.15. The molecule has 1 atom stereocenters. The molecule has 1 saturated heterocycles. The zero-order valence-electron chi connectivity index (χ0n) is 9.12. The van der Waals surface area contributed by atoms with Gasteiger partial charge in [0.25, 0.3) is 5.69 Å². The van der Waals surface area contributed by atoms with Crippen LogP contribution in [-0.2, 0) is 4.74 Å². The van der Waals surface area contributed by atoms with Crippen molar-refractivity contribution in [3.8, 4) is 0 Å². The van der Waals surface area contributed by atoms with Crippen molar-refractivity contribution in [3.05, 3.63) is 34.4 Å². The molecule has 17 heavy (non-hydrogen) atoms. The maximum Gasteiger partial charge on any atom is 0.324 e. The standard InChI is InChI=1S/C10H11N3O4/c1-17-9-6-12(10(14)11-9)7-2-4-8(5-3-7)13(15)16/h2-5,9H,6H2,1H3,(H,11,14). The van der Waals surface area contributed by atoms with Gasteiger partial charge in [-0.1, -0.05) is 0 Å². The van der Waals surface area contributed by atoms with E-state index in [1.807, 2.05) is 0 Å². The summed E-state index contributed by atoms with van der Waals surface area (Å²) in [5.74, 6) is 0. The molecule has 7 nitrogen and oxygen atoms in total. The number of carbonyl (C=O) groups excluding carboxylic acids is 1. The van der Waals surface area contributed by atoms with Gasteiger partial charge >= 0.3 is 6.03 Å². The molecule has 0 aliphatic carbocycles. The third-order valence-electron chi connectivity index (χ3n) is 2.53. The van der Waals surface area contributed by atoms with E-state index in [1.165, 1.54) is 36.3 Å². The Kier molecular flexibility index (Phi) is 2.92. The molecule has 1 unspecified atom stereocenters. The van der Waals surface area contributed by atoms with E-state index in [0.29, 0.717) is 12.2 Å². The van der Waals surface area contributed by atoms with Gasteiger partial charge in [0, 0.05) is 24.9 Å². The topological polar surface area (TPSA) is 84.7 Å². The Bertz CT molecular complexity index is 445. The first kappa shape index (κ1) is 11.3. The average molecular weight is 237 g/mol. The summed E-state index contributed by atoms with van der Waals surface area (Å²) >= 11 is 0. The van der Waals surface area contributed by atoms with Crippen LogP contribution in [0.3, 0.4) is 0 Å². The zero-order valence-corrected chi connectivity index (χ0v) is 9.12. The van der Waals surface area contributed by atoms with E-state index in [4.69, 9.17) is 4.74 Å². The van der Waals surface area contributed by atoms with Gasteiger partial charge in [-0.25, -0.2) is 4.79 Å². The van der Waals surface area contributed by atoms with Crippen molar-refractivity contribution in [2.24, 2.45) is 0 Å². The molecule has 0 saturated carbocycles. The predicted octanol–water partition coefficient (Wildman–Crippen LogP) is 1.10. The Morgan fingerprint density at radius 1 is 1.47 bits per heavy atom. The summed E-state index contributed by atoms with van der Waals surface area (Å²) in [4.78, 5) is 23.0. The van der Waals surface area contributed by atoms with Gasteiger partial charge in [-0.3, -0.25) is 15.0 Å². The van der Waals surface area contributed by atoms with Gasteiger partial charge in [0.15, 0.2) is 0 Å². The molecule has 2 amide bonds. The molecule has 0 radical (unpaired) electrons. The van der Waals surface area contributed by atoms with Crippen LogP contribution in [0.15, 0.2) is 24.3 Å². The molecule has 1 aromatic carbocycles. The van der Waals surface area contributed by atoms with E-state index < -0.39 is 4.92 Å². The second-order valence-electron chi connectivity index (χ2n) is 3.56. The maximum atomic E-state index is 11.6. The fourth-order valence-electron chi connectivity index (χ4n) is 1.62. The molecule has 7 heteroatoms. The first-order valence-corrected chi connectivity index (χ1v) is 4.97. The van der Waals surface area contributed by atoms with Crippen molar-refractivity contribution in [2.75, 3.05) is 18.6 Å². The molecule has 0 spiro atoms. The number of nitrogens with one attached hydrogen (secondary N) is 1. The lowest BCUT2D eigenvalue weighted by atomic mass is 10.2. The molecule has 1 aromatic rings. The first-order chi connectivity index (χ1) is 8.11. The lowest BCUT2D eigenvalue weighted by molar-refractivity contribution is -0.384. The summed E-state index contributed by atoms with van der Waals surface area (Å²) in [7, 11) is 1.50. The zero-order chi connectivity index (χ0) is 12.4. The fraction of sp³-hybridized carbons (Fsp3) is 0.300. The Morgan fingerprint density at radius 2 is 2.12 bits per heavy atom. The van der Waals surface area contributed by atoms with Crippen molar-refractivity contribution in [1.82, 2.24) is 5.32 Å². The molecular formula is C10H11N3O4. The normalized spacial score (nSPS) is 19.2. The monoisotopic (exact) mass is 237 g/mol. The highest BCUT2D eigenvalue weighted by molar-refractivity contribution is 5.94. The van der Waals surface area contributed by atoms with Crippen molar-refractivity contribution >= 4 is 17.4 Å². The largest absolute Gasteiger partial charge is 0.360 e. The van der Waals surface area contributed by atoms with E-state index >= 15 is 0 Å². The molecule has 1 N–H and O–H groups in total. The molecule has 1 heterocycles.